The fraction of sp³-hybridized carbons (Fsp3) is 0.846. The Morgan fingerprint density at radius 1 is 1.29 bits per heavy atom. The van der Waals surface area contributed by atoms with E-state index in [2.05, 4.69) is 4.74 Å². The molecule has 0 bridgehead atoms. The smallest absolute Gasteiger partial charge is 0.309 e. The van der Waals surface area contributed by atoms with Gasteiger partial charge in [-0.1, -0.05) is 39.0 Å². The molecule has 0 radical (unpaired) electrons. The van der Waals surface area contributed by atoms with Gasteiger partial charge in [0.05, 0.1) is 18.9 Å². The summed E-state index contributed by atoms with van der Waals surface area (Å²) in [5, 5.41) is 9.21. The molecule has 0 aliphatic heterocycles. The second kappa shape index (κ2) is 6.62. The van der Waals surface area contributed by atoms with Gasteiger partial charge in [-0.25, -0.2) is 0 Å². The zero-order valence-corrected chi connectivity index (χ0v) is 10.6. The van der Waals surface area contributed by atoms with Crippen LogP contribution in [0.25, 0.3) is 0 Å². The Bertz CT molecular complexity index is 269. The summed E-state index contributed by atoms with van der Waals surface area (Å²) in [4.78, 5) is 22.6. The van der Waals surface area contributed by atoms with Gasteiger partial charge in [0.2, 0.25) is 0 Å². The van der Waals surface area contributed by atoms with Crippen LogP contribution < -0.4 is 0 Å². The first-order chi connectivity index (χ1) is 8.06. The van der Waals surface area contributed by atoms with Gasteiger partial charge in [-0.3, -0.25) is 9.59 Å². The minimum atomic E-state index is -0.881. The van der Waals surface area contributed by atoms with Crippen LogP contribution in [0.15, 0.2) is 0 Å². The predicted octanol–water partition coefficient (Wildman–Crippen LogP) is 2.47. The van der Waals surface area contributed by atoms with Gasteiger partial charge in [0, 0.05) is 0 Å². The van der Waals surface area contributed by atoms with E-state index in [9.17, 15) is 14.7 Å². The lowest BCUT2D eigenvalue weighted by molar-refractivity contribution is -0.155. The highest BCUT2D eigenvalue weighted by atomic mass is 16.5. The molecule has 1 aliphatic carbocycles. The highest BCUT2D eigenvalue weighted by Gasteiger charge is 2.33. The van der Waals surface area contributed by atoms with Gasteiger partial charge in [-0.05, 0) is 12.3 Å². The Morgan fingerprint density at radius 2 is 1.88 bits per heavy atom. The van der Waals surface area contributed by atoms with Crippen molar-refractivity contribution < 1.29 is 19.4 Å². The normalized spacial score (nSPS) is 20.6. The van der Waals surface area contributed by atoms with Crippen LogP contribution in [0.1, 0.15) is 45.4 Å². The van der Waals surface area contributed by atoms with Gasteiger partial charge >= 0.3 is 11.9 Å². The third-order valence-electron chi connectivity index (χ3n) is 3.81. The standard InChI is InChI=1S/C13H22O4/c1-9(13(16)17-2)11(12(14)15)8-10-6-4-3-5-7-10/h9-11H,3-8H2,1-2H3,(H,14,15). The Labute approximate surface area is 102 Å². The summed E-state index contributed by atoms with van der Waals surface area (Å²) < 4.78 is 4.63. The van der Waals surface area contributed by atoms with Gasteiger partial charge in [-0.15, -0.1) is 0 Å². The molecule has 1 rings (SSSR count). The molecule has 0 amide bonds. The molecule has 0 aromatic carbocycles. The molecule has 1 saturated carbocycles. The predicted molar refractivity (Wildman–Crippen MR) is 63.5 cm³/mol. The van der Waals surface area contributed by atoms with Crippen molar-refractivity contribution in [1.29, 1.82) is 0 Å². The van der Waals surface area contributed by atoms with E-state index in [1.807, 2.05) is 0 Å². The summed E-state index contributed by atoms with van der Waals surface area (Å²) >= 11 is 0. The van der Waals surface area contributed by atoms with Gasteiger partial charge in [-0.2, -0.15) is 0 Å². The summed E-state index contributed by atoms with van der Waals surface area (Å²) in [6.07, 6.45) is 6.41. The summed E-state index contributed by atoms with van der Waals surface area (Å²) in [7, 11) is 1.30. The lowest BCUT2D eigenvalue weighted by atomic mass is 9.79. The maximum atomic E-state index is 11.4. The van der Waals surface area contributed by atoms with E-state index >= 15 is 0 Å². The summed E-state index contributed by atoms with van der Waals surface area (Å²) in [6, 6.07) is 0. The molecule has 1 fully saturated rings. The van der Waals surface area contributed by atoms with E-state index in [1.165, 1.54) is 26.4 Å². The molecular formula is C13H22O4. The van der Waals surface area contributed by atoms with Crippen LogP contribution in [0.5, 0.6) is 0 Å². The Hall–Kier alpha value is -1.06. The van der Waals surface area contributed by atoms with E-state index < -0.39 is 23.8 Å². The second-order valence-electron chi connectivity index (χ2n) is 5.00. The molecule has 0 aromatic rings. The van der Waals surface area contributed by atoms with E-state index in [0.717, 1.165) is 12.8 Å². The Morgan fingerprint density at radius 3 is 2.35 bits per heavy atom. The molecular weight excluding hydrogens is 220 g/mol. The van der Waals surface area contributed by atoms with Crippen LogP contribution in [0.3, 0.4) is 0 Å². The minimum Gasteiger partial charge on any atom is -0.481 e. The van der Waals surface area contributed by atoms with Gasteiger partial charge in [0.15, 0.2) is 0 Å². The molecule has 0 saturated heterocycles. The maximum Gasteiger partial charge on any atom is 0.309 e. The number of carboxylic acid groups (broad SMARTS) is 1. The maximum absolute atomic E-state index is 11.4. The lowest BCUT2D eigenvalue weighted by Crippen LogP contribution is -2.30. The van der Waals surface area contributed by atoms with Crippen molar-refractivity contribution in [3.8, 4) is 0 Å². The van der Waals surface area contributed by atoms with Gasteiger partial charge in [0.1, 0.15) is 0 Å². The second-order valence-corrected chi connectivity index (χ2v) is 5.00. The average Bonchev–Trinajstić information content (AvgIpc) is 2.35. The van der Waals surface area contributed by atoms with Crippen molar-refractivity contribution in [1.82, 2.24) is 0 Å². The van der Waals surface area contributed by atoms with Crippen LogP contribution in [0.2, 0.25) is 0 Å². The molecule has 1 N–H and O–H groups in total. The number of rotatable bonds is 5. The molecule has 2 atom stereocenters. The number of hydrogen-bond donors (Lipinski definition) is 1. The van der Waals surface area contributed by atoms with Crippen LogP contribution in [-0.2, 0) is 14.3 Å². The number of methoxy groups -OCH3 is 1. The first kappa shape index (κ1) is 14.0. The molecule has 0 aromatic heterocycles. The third-order valence-corrected chi connectivity index (χ3v) is 3.81. The molecule has 2 unspecified atom stereocenters. The molecule has 0 heterocycles. The largest absolute Gasteiger partial charge is 0.481 e. The number of carbonyl (C=O) groups excluding carboxylic acids is 1. The third kappa shape index (κ3) is 4.02. The van der Waals surface area contributed by atoms with Crippen molar-refractivity contribution >= 4 is 11.9 Å². The topological polar surface area (TPSA) is 63.6 Å². The zero-order chi connectivity index (χ0) is 12.8. The summed E-state index contributed by atoms with van der Waals surface area (Å²) in [5.41, 5.74) is 0. The van der Waals surface area contributed by atoms with Crippen molar-refractivity contribution in [3.63, 3.8) is 0 Å². The van der Waals surface area contributed by atoms with Crippen LogP contribution in [0, 0.1) is 17.8 Å². The molecule has 4 heteroatoms. The molecule has 0 spiro atoms. The summed E-state index contributed by atoms with van der Waals surface area (Å²) in [5.74, 6) is -2.01. The highest BCUT2D eigenvalue weighted by molar-refractivity contribution is 5.80. The number of carboxylic acids is 1. The summed E-state index contributed by atoms with van der Waals surface area (Å²) in [6.45, 7) is 1.65. The molecule has 4 nitrogen and oxygen atoms in total. The number of carbonyl (C=O) groups is 2. The van der Waals surface area contributed by atoms with Gasteiger partial charge in [0.25, 0.3) is 0 Å². The van der Waals surface area contributed by atoms with Crippen LogP contribution in [-0.4, -0.2) is 24.2 Å². The fourth-order valence-corrected chi connectivity index (χ4v) is 2.65. The van der Waals surface area contributed by atoms with E-state index in [4.69, 9.17) is 0 Å². The van der Waals surface area contributed by atoms with Crippen molar-refractivity contribution in [2.45, 2.75) is 45.4 Å². The first-order valence-corrected chi connectivity index (χ1v) is 6.37. The van der Waals surface area contributed by atoms with Crippen molar-refractivity contribution in [2.24, 2.45) is 17.8 Å². The Balaban J connectivity index is 2.58. The van der Waals surface area contributed by atoms with Crippen LogP contribution >= 0.6 is 0 Å². The van der Waals surface area contributed by atoms with Crippen LogP contribution in [0.4, 0.5) is 0 Å². The van der Waals surface area contributed by atoms with E-state index in [0.29, 0.717) is 12.3 Å². The number of ether oxygens (including phenoxy) is 1. The number of esters is 1. The van der Waals surface area contributed by atoms with E-state index in [-0.39, 0.29) is 0 Å². The molecule has 17 heavy (non-hydrogen) atoms. The number of aliphatic carboxylic acids is 1. The molecule has 98 valence electrons. The Kier molecular flexibility index (Phi) is 5.45. The lowest BCUT2D eigenvalue weighted by Gasteiger charge is -2.26. The monoisotopic (exact) mass is 242 g/mol. The van der Waals surface area contributed by atoms with E-state index in [1.54, 1.807) is 6.92 Å². The zero-order valence-electron chi connectivity index (χ0n) is 10.6. The quantitative estimate of drug-likeness (QED) is 0.752. The average molecular weight is 242 g/mol. The van der Waals surface area contributed by atoms with Gasteiger partial charge < -0.3 is 9.84 Å². The van der Waals surface area contributed by atoms with Crippen molar-refractivity contribution in [2.75, 3.05) is 7.11 Å². The number of hydrogen-bond acceptors (Lipinski definition) is 3. The fourth-order valence-electron chi connectivity index (χ4n) is 2.65. The SMILES string of the molecule is COC(=O)C(C)C(CC1CCCCC1)C(=O)O. The molecule has 1 aliphatic rings. The first-order valence-electron chi connectivity index (χ1n) is 6.37. The highest BCUT2D eigenvalue weighted by Crippen LogP contribution is 2.32. The minimum absolute atomic E-state index is 0.423. The van der Waals surface area contributed by atoms with Crippen molar-refractivity contribution in [3.05, 3.63) is 0 Å².